The van der Waals surface area contributed by atoms with Gasteiger partial charge in [0, 0.05) is 11.8 Å². The van der Waals surface area contributed by atoms with Gasteiger partial charge in [-0.25, -0.2) is 0 Å². The zero-order chi connectivity index (χ0) is 13.4. The fraction of sp³-hybridized carbons (Fsp3) is 0.846. The van der Waals surface area contributed by atoms with E-state index in [1.165, 1.54) is 38.5 Å². The quantitative estimate of drug-likeness (QED) is 0.546. The highest BCUT2D eigenvalue weighted by Gasteiger charge is 2.12. The predicted octanol–water partition coefficient (Wildman–Crippen LogP) is 3.89. The number of aromatic nitrogens is 3. The van der Waals surface area contributed by atoms with Gasteiger partial charge in [0.1, 0.15) is 0 Å². The van der Waals surface area contributed by atoms with Gasteiger partial charge in [0.2, 0.25) is 5.95 Å². The molecule has 1 aromatic rings. The van der Waals surface area contributed by atoms with Crippen molar-refractivity contribution in [3.63, 3.8) is 0 Å². The maximum Gasteiger partial charge on any atom is 0.222 e. The Labute approximate surface area is 115 Å². The number of nitrogens with two attached hydrogens (primary N) is 1. The monoisotopic (exact) mass is 270 g/mol. The van der Waals surface area contributed by atoms with Crippen molar-refractivity contribution in [1.82, 2.24) is 14.8 Å². The molecule has 18 heavy (non-hydrogen) atoms. The Morgan fingerprint density at radius 2 is 1.78 bits per heavy atom. The molecule has 104 valence electrons. The molecule has 5 heteroatoms. The lowest BCUT2D eigenvalue weighted by Crippen LogP contribution is -2.07. The van der Waals surface area contributed by atoms with Gasteiger partial charge >= 0.3 is 0 Å². The SMILES string of the molecule is CCCCCCCCSc1nnc(N)n1C(C)C. The normalized spacial score (nSPS) is 11.3. The Morgan fingerprint density at radius 3 is 2.44 bits per heavy atom. The summed E-state index contributed by atoms with van der Waals surface area (Å²) in [4.78, 5) is 0. The molecule has 0 bridgehead atoms. The summed E-state index contributed by atoms with van der Waals surface area (Å²) in [5.41, 5.74) is 5.80. The van der Waals surface area contributed by atoms with Crippen LogP contribution in [-0.4, -0.2) is 20.5 Å². The van der Waals surface area contributed by atoms with Crippen LogP contribution in [0.1, 0.15) is 65.3 Å². The third kappa shape index (κ3) is 4.88. The molecule has 0 spiro atoms. The third-order valence-corrected chi connectivity index (χ3v) is 3.97. The first kappa shape index (κ1) is 15.3. The van der Waals surface area contributed by atoms with E-state index >= 15 is 0 Å². The topological polar surface area (TPSA) is 56.7 Å². The molecule has 0 amide bonds. The molecule has 0 unspecified atom stereocenters. The minimum absolute atomic E-state index is 0.326. The number of nitrogen functional groups attached to an aromatic ring is 1. The van der Waals surface area contributed by atoms with E-state index in [2.05, 4.69) is 31.0 Å². The molecule has 2 N–H and O–H groups in total. The van der Waals surface area contributed by atoms with Crippen LogP contribution < -0.4 is 5.73 Å². The molecule has 4 nitrogen and oxygen atoms in total. The molecule has 0 fully saturated rings. The van der Waals surface area contributed by atoms with Gasteiger partial charge in [0.25, 0.3) is 0 Å². The summed E-state index contributed by atoms with van der Waals surface area (Å²) < 4.78 is 2.00. The number of hydrogen-bond donors (Lipinski definition) is 1. The van der Waals surface area contributed by atoms with Gasteiger partial charge in [-0.1, -0.05) is 50.8 Å². The molecular weight excluding hydrogens is 244 g/mol. The molecule has 0 aliphatic carbocycles. The van der Waals surface area contributed by atoms with Crippen LogP contribution in [0.2, 0.25) is 0 Å². The van der Waals surface area contributed by atoms with E-state index in [1.54, 1.807) is 11.8 Å². The van der Waals surface area contributed by atoms with E-state index < -0.39 is 0 Å². The van der Waals surface area contributed by atoms with E-state index in [4.69, 9.17) is 5.73 Å². The standard InChI is InChI=1S/C13H26N4S/c1-4-5-6-7-8-9-10-18-13-16-15-12(14)17(13)11(2)3/h11H,4-10H2,1-3H3,(H2,14,15). The van der Waals surface area contributed by atoms with Crippen molar-refractivity contribution in [3.05, 3.63) is 0 Å². The highest BCUT2D eigenvalue weighted by atomic mass is 32.2. The molecule has 0 aromatic carbocycles. The van der Waals surface area contributed by atoms with Crippen molar-refractivity contribution in [3.8, 4) is 0 Å². The van der Waals surface area contributed by atoms with Crippen LogP contribution in [0, 0.1) is 0 Å². The zero-order valence-electron chi connectivity index (χ0n) is 11.9. The zero-order valence-corrected chi connectivity index (χ0v) is 12.7. The summed E-state index contributed by atoms with van der Waals surface area (Å²) in [7, 11) is 0. The van der Waals surface area contributed by atoms with Gasteiger partial charge in [0.15, 0.2) is 5.16 Å². The van der Waals surface area contributed by atoms with Gasteiger partial charge < -0.3 is 5.73 Å². The van der Waals surface area contributed by atoms with E-state index in [0.29, 0.717) is 12.0 Å². The number of unbranched alkanes of at least 4 members (excludes halogenated alkanes) is 5. The van der Waals surface area contributed by atoms with Crippen molar-refractivity contribution in [1.29, 1.82) is 0 Å². The molecule has 0 atom stereocenters. The maximum absolute atomic E-state index is 5.80. The fourth-order valence-corrected chi connectivity index (χ4v) is 2.99. The average molecular weight is 270 g/mol. The highest BCUT2D eigenvalue weighted by Crippen LogP contribution is 2.23. The number of anilines is 1. The van der Waals surface area contributed by atoms with Crippen LogP contribution in [0.3, 0.4) is 0 Å². The molecule has 1 heterocycles. The van der Waals surface area contributed by atoms with E-state index in [9.17, 15) is 0 Å². The van der Waals surface area contributed by atoms with Gasteiger partial charge in [-0.15, -0.1) is 10.2 Å². The van der Waals surface area contributed by atoms with Gasteiger partial charge in [-0.05, 0) is 20.3 Å². The van der Waals surface area contributed by atoms with Crippen molar-refractivity contribution in [2.24, 2.45) is 0 Å². The molecule has 1 aromatic heterocycles. The Morgan fingerprint density at radius 1 is 1.11 bits per heavy atom. The minimum atomic E-state index is 0.326. The minimum Gasteiger partial charge on any atom is -0.368 e. The van der Waals surface area contributed by atoms with Crippen molar-refractivity contribution in [2.45, 2.75) is 70.5 Å². The van der Waals surface area contributed by atoms with Crippen LogP contribution in [0.5, 0.6) is 0 Å². The van der Waals surface area contributed by atoms with E-state index in [0.717, 1.165) is 10.9 Å². The average Bonchev–Trinajstić information content (AvgIpc) is 2.69. The Bertz CT molecular complexity index is 336. The number of nitrogens with zero attached hydrogens (tertiary/aromatic N) is 3. The first-order chi connectivity index (χ1) is 8.66. The second-order valence-corrected chi connectivity index (χ2v) is 5.98. The predicted molar refractivity (Wildman–Crippen MR) is 78.9 cm³/mol. The smallest absolute Gasteiger partial charge is 0.222 e. The summed E-state index contributed by atoms with van der Waals surface area (Å²) in [6.07, 6.45) is 7.97. The molecule has 0 saturated heterocycles. The van der Waals surface area contributed by atoms with Gasteiger partial charge in [-0.2, -0.15) is 0 Å². The van der Waals surface area contributed by atoms with Gasteiger partial charge in [-0.3, -0.25) is 4.57 Å². The van der Waals surface area contributed by atoms with Crippen LogP contribution in [0.15, 0.2) is 5.16 Å². The lowest BCUT2D eigenvalue weighted by molar-refractivity contribution is 0.556. The second-order valence-electron chi connectivity index (χ2n) is 4.92. The molecule has 0 aliphatic rings. The third-order valence-electron chi connectivity index (χ3n) is 2.94. The second kappa shape index (κ2) is 8.40. The molecular formula is C13H26N4S. The number of thioether (sulfide) groups is 1. The summed E-state index contributed by atoms with van der Waals surface area (Å²) in [5, 5.41) is 9.04. The Balaban J connectivity index is 2.23. The lowest BCUT2D eigenvalue weighted by atomic mass is 10.1. The molecule has 1 rings (SSSR count). The summed E-state index contributed by atoms with van der Waals surface area (Å²) in [6.45, 7) is 6.46. The van der Waals surface area contributed by atoms with Crippen molar-refractivity contribution >= 4 is 17.7 Å². The molecule has 0 radical (unpaired) electrons. The Hall–Kier alpha value is -0.710. The summed E-state index contributed by atoms with van der Waals surface area (Å²) >= 11 is 1.77. The van der Waals surface area contributed by atoms with E-state index in [1.807, 2.05) is 4.57 Å². The fourth-order valence-electron chi connectivity index (χ4n) is 1.92. The van der Waals surface area contributed by atoms with Crippen LogP contribution in [0.25, 0.3) is 0 Å². The molecule has 0 saturated carbocycles. The van der Waals surface area contributed by atoms with Gasteiger partial charge in [0.05, 0.1) is 0 Å². The number of hydrogen-bond acceptors (Lipinski definition) is 4. The largest absolute Gasteiger partial charge is 0.368 e. The summed E-state index contributed by atoms with van der Waals surface area (Å²) in [6, 6.07) is 0.326. The van der Waals surface area contributed by atoms with Crippen LogP contribution >= 0.6 is 11.8 Å². The Kier molecular flexibility index (Phi) is 7.16. The highest BCUT2D eigenvalue weighted by molar-refractivity contribution is 7.99. The lowest BCUT2D eigenvalue weighted by Gasteiger charge is -2.11. The van der Waals surface area contributed by atoms with Crippen molar-refractivity contribution < 1.29 is 0 Å². The van der Waals surface area contributed by atoms with Crippen LogP contribution in [0.4, 0.5) is 5.95 Å². The first-order valence-corrected chi connectivity index (χ1v) is 7.98. The number of rotatable bonds is 9. The first-order valence-electron chi connectivity index (χ1n) is 7.00. The maximum atomic E-state index is 5.80. The summed E-state index contributed by atoms with van der Waals surface area (Å²) in [5.74, 6) is 1.63. The van der Waals surface area contributed by atoms with Crippen LogP contribution in [-0.2, 0) is 0 Å². The molecule has 0 aliphatic heterocycles. The van der Waals surface area contributed by atoms with Crippen molar-refractivity contribution in [2.75, 3.05) is 11.5 Å². The van der Waals surface area contributed by atoms with E-state index in [-0.39, 0.29) is 0 Å².